The minimum Gasteiger partial charge on any atom is -0.466 e. The number of nitrogens with one attached hydrogen (secondary N) is 1. The zero-order valence-corrected chi connectivity index (χ0v) is 13.5. The molecule has 5 heteroatoms. The Kier molecular flexibility index (Phi) is 3.91. The first-order chi connectivity index (χ1) is 12.2. The van der Waals surface area contributed by atoms with E-state index in [1.165, 1.54) is 0 Å². The molecule has 2 aromatic carbocycles. The molecule has 0 unspecified atom stereocenters. The Balaban J connectivity index is 1.90. The Labute approximate surface area is 145 Å². The minimum absolute atomic E-state index is 0.0176. The van der Waals surface area contributed by atoms with Crippen molar-refractivity contribution >= 4 is 11.6 Å². The maximum atomic E-state index is 11.6. The van der Waals surface area contributed by atoms with Gasteiger partial charge in [-0.2, -0.15) is 0 Å². The molecule has 3 aromatic rings. The predicted molar refractivity (Wildman–Crippen MR) is 97.1 cm³/mol. The molecule has 0 fully saturated rings. The van der Waals surface area contributed by atoms with Crippen LogP contribution in [0.25, 0.3) is 22.4 Å². The fourth-order valence-electron chi connectivity index (χ4n) is 2.87. The maximum absolute atomic E-state index is 11.6. The van der Waals surface area contributed by atoms with E-state index in [1.807, 2.05) is 60.7 Å². The highest BCUT2D eigenvalue weighted by Crippen LogP contribution is 2.38. The Hall–Kier alpha value is -3.18. The van der Waals surface area contributed by atoms with E-state index in [9.17, 15) is 4.79 Å². The molecule has 0 aliphatic carbocycles. The second kappa shape index (κ2) is 6.37. The number of hydrogen-bond donors (Lipinski definition) is 2. The lowest BCUT2D eigenvalue weighted by atomic mass is 9.98. The number of pyridine rings is 1. The van der Waals surface area contributed by atoms with Crippen molar-refractivity contribution in [1.82, 2.24) is 4.98 Å². The van der Waals surface area contributed by atoms with Gasteiger partial charge in [0.1, 0.15) is 5.69 Å². The summed E-state index contributed by atoms with van der Waals surface area (Å²) in [7, 11) is 0. The van der Waals surface area contributed by atoms with E-state index in [0.717, 1.165) is 27.9 Å². The lowest BCUT2D eigenvalue weighted by Gasteiger charge is -2.20. The highest BCUT2D eigenvalue weighted by Gasteiger charge is 2.21. The van der Waals surface area contributed by atoms with Gasteiger partial charge in [-0.1, -0.05) is 54.6 Å². The molecule has 4 rings (SSSR count). The van der Waals surface area contributed by atoms with Gasteiger partial charge in [0, 0.05) is 17.7 Å². The highest BCUT2D eigenvalue weighted by molar-refractivity contribution is 5.97. The number of rotatable bonds is 3. The molecular weight excluding hydrogens is 314 g/mol. The summed E-state index contributed by atoms with van der Waals surface area (Å²) in [4.78, 5) is 16.3. The number of nitrogens with zero attached hydrogens (tertiary/aromatic N) is 1. The van der Waals surface area contributed by atoms with Crippen molar-refractivity contribution in [2.24, 2.45) is 5.73 Å². The van der Waals surface area contributed by atoms with Crippen molar-refractivity contribution in [1.29, 1.82) is 0 Å². The van der Waals surface area contributed by atoms with Crippen LogP contribution in [-0.4, -0.2) is 17.5 Å². The normalized spacial score (nSPS) is 12.9. The summed E-state index contributed by atoms with van der Waals surface area (Å²) in [6.45, 7) is 0.481. The molecule has 0 radical (unpaired) electrons. The van der Waals surface area contributed by atoms with E-state index in [1.54, 1.807) is 0 Å². The molecule has 1 amide bonds. The number of hydrogen-bond acceptors (Lipinski definition) is 4. The quantitative estimate of drug-likeness (QED) is 0.772. The van der Waals surface area contributed by atoms with Crippen molar-refractivity contribution < 1.29 is 9.53 Å². The summed E-state index contributed by atoms with van der Waals surface area (Å²) >= 11 is 0. The second-order valence-electron chi connectivity index (χ2n) is 5.84. The number of carbonyl (C=O) groups excluding carboxylic acids is 1. The van der Waals surface area contributed by atoms with Crippen LogP contribution in [-0.2, 0) is 11.3 Å². The summed E-state index contributed by atoms with van der Waals surface area (Å²) in [6, 6.07) is 19.9. The van der Waals surface area contributed by atoms with Crippen molar-refractivity contribution in [3.63, 3.8) is 0 Å². The van der Waals surface area contributed by atoms with Crippen LogP contribution >= 0.6 is 0 Å². The molecule has 0 atom stereocenters. The van der Waals surface area contributed by atoms with Crippen LogP contribution in [0.4, 0.5) is 5.69 Å². The summed E-state index contributed by atoms with van der Waals surface area (Å²) < 4.78 is 5.49. The van der Waals surface area contributed by atoms with E-state index in [-0.39, 0.29) is 12.5 Å². The Bertz CT molecular complexity index is 922. The first kappa shape index (κ1) is 15.4. The lowest BCUT2D eigenvalue weighted by Crippen LogP contribution is -2.26. The van der Waals surface area contributed by atoms with Crippen LogP contribution in [0, 0.1) is 0 Å². The standard InChI is InChI=1S/C20H17N3O2/c21-11-13-6-8-15(9-7-13)19-16(14-4-2-1-3-5-14)10-17-20(23-19)25-12-18(24)22-17/h1-10H,11-12,21H2,(H,22,24). The zero-order chi connectivity index (χ0) is 17.2. The summed E-state index contributed by atoms with van der Waals surface area (Å²) in [6.07, 6.45) is 0. The van der Waals surface area contributed by atoms with Gasteiger partial charge < -0.3 is 15.8 Å². The number of nitrogens with two attached hydrogens (primary N) is 1. The zero-order valence-electron chi connectivity index (χ0n) is 13.5. The van der Waals surface area contributed by atoms with Gasteiger partial charge in [-0.05, 0) is 17.2 Å². The molecule has 2 heterocycles. The fraction of sp³-hybridized carbons (Fsp3) is 0.100. The van der Waals surface area contributed by atoms with Gasteiger partial charge in [0.25, 0.3) is 5.91 Å². The molecule has 0 bridgehead atoms. The van der Waals surface area contributed by atoms with Crippen molar-refractivity contribution in [2.75, 3.05) is 11.9 Å². The molecule has 1 aliphatic rings. The third-order valence-electron chi connectivity index (χ3n) is 4.15. The second-order valence-corrected chi connectivity index (χ2v) is 5.84. The SMILES string of the molecule is NCc1ccc(-c2nc3c(cc2-c2ccccc2)NC(=O)CO3)cc1. The van der Waals surface area contributed by atoms with E-state index < -0.39 is 0 Å². The Morgan fingerprint density at radius 3 is 2.52 bits per heavy atom. The van der Waals surface area contributed by atoms with Crippen LogP contribution in [0.15, 0.2) is 60.7 Å². The van der Waals surface area contributed by atoms with E-state index in [4.69, 9.17) is 10.5 Å². The van der Waals surface area contributed by atoms with Gasteiger partial charge in [0.15, 0.2) is 6.61 Å². The molecule has 0 saturated carbocycles. The van der Waals surface area contributed by atoms with Gasteiger partial charge in [-0.15, -0.1) is 0 Å². The Morgan fingerprint density at radius 2 is 1.80 bits per heavy atom. The fourth-order valence-corrected chi connectivity index (χ4v) is 2.87. The molecule has 3 N–H and O–H groups in total. The first-order valence-electron chi connectivity index (χ1n) is 8.07. The average molecular weight is 331 g/mol. The summed E-state index contributed by atoms with van der Waals surface area (Å²) in [5, 5.41) is 2.82. The summed E-state index contributed by atoms with van der Waals surface area (Å²) in [5.41, 5.74) is 11.1. The van der Waals surface area contributed by atoms with Crippen molar-refractivity contribution in [3.05, 3.63) is 66.2 Å². The number of aromatic nitrogens is 1. The van der Waals surface area contributed by atoms with Crippen LogP contribution < -0.4 is 15.8 Å². The molecule has 124 valence electrons. The van der Waals surface area contributed by atoms with Gasteiger partial charge >= 0.3 is 0 Å². The number of carbonyl (C=O) groups is 1. The largest absolute Gasteiger partial charge is 0.466 e. The smallest absolute Gasteiger partial charge is 0.262 e. The number of fused-ring (bicyclic) bond motifs is 1. The maximum Gasteiger partial charge on any atom is 0.262 e. The van der Waals surface area contributed by atoms with Gasteiger partial charge in [-0.25, -0.2) is 4.98 Å². The van der Waals surface area contributed by atoms with E-state index >= 15 is 0 Å². The number of amides is 1. The number of anilines is 1. The van der Waals surface area contributed by atoms with E-state index in [0.29, 0.717) is 18.1 Å². The predicted octanol–water partition coefficient (Wildman–Crippen LogP) is 3.21. The third kappa shape index (κ3) is 2.97. The molecule has 1 aliphatic heterocycles. The Morgan fingerprint density at radius 1 is 1.04 bits per heavy atom. The lowest BCUT2D eigenvalue weighted by molar-refractivity contribution is -0.118. The summed E-state index contributed by atoms with van der Waals surface area (Å²) in [5.74, 6) is 0.269. The average Bonchev–Trinajstić information content (AvgIpc) is 2.68. The topological polar surface area (TPSA) is 77.2 Å². The van der Waals surface area contributed by atoms with Gasteiger partial charge in [0.05, 0.1) is 5.69 Å². The van der Waals surface area contributed by atoms with Crippen molar-refractivity contribution in [2.45, 2.75) is 6.54 Å². The molecule has 1 aromatic heterocycles. The van der Waals surface area contributed by atoms with Gasteiger partial charge in [0.2, 0.25) is 5.88 Å². The molecule has 0 spiro atoms. The van der Waals surface area contributed by atoms with Crippen molar-refractivity contribution in [3.8, 4) is 28.3 Å². The number of benzene rings is 2. The van der Waals surface area contributed by atoms with Crippen LogP contribution in [0.2, 0.25) is 0 Å². The third-order valence-corrected chi connectivity index (χ3v) is 4.15. The van der Waals surface area contributed by atoms with Gasteiger partial charge in [-0.3, -0.25) is 4.79 Å². The first-order valence-corrected chi connectivity index (χ1v) is 8.07. The monoisotopic (exact) mass is 331 g/mol. The molecule has 5 nitrogen and oxygen atoms in total. The van der Waals surface area contributed by atoms with Crippen LogP contribution in [0.1, 0.15) is 5.56 Å². The van der Waals surface area contributed by atoms with E-state index in [2.05, 4.69) is 10.3 Å². The highest BCUT2D eigenvalue weighted by atomic mass is 16.5. The van der Waals surface area contributed by atoms with Crippen LogP contribution in [0.5, 0.6) is 5.88 Å². The van der Waals surface area contributed by atoms with Crippen LogP contribution in [0.3, 0.4) is 0 Å². The molecule has 0 saturated heterocycles. The number of ether oxygens (including phenoxy) is 1. The molecule has 25 heavy (non-hydrogen) atoms. The minimum atomic E-state index is -0.173. The molecular formula is C20H17N3O2.